The first-order valence-corrected chi connectivity index (χ1v) is 5.61. The first-order chi connectivity index (χ1) is 7.13. The highest BCUT2D eigenvalue weighted by Crippen LogP contribution is 2.11. The molecule has 0 spiro atoms. The average Bonchev–Trinajstić information content (AvgIpc) is 1.98. The van der Waals surface area contributed by atoms with E-state index in [2.05, 4.69) is 5.32 Å². The van der Waals surface area contributed by atoms with Crippen molar-refractivity contribution in [3.8, 4) is 0 Å². The van der Waals surface area contributed by atoms with Crippen LogP contribution in [0.1, 0.15) is 41.5 Å². The standard InChI is InChI=1S/C12H23NO3/c1-8(2)10(9(3)14)7-13-11(15)16-12(4,5)6/h8,10H,7H2,1-6H3,(H,13,15)/t10-/m0/s1. The van der Waals surface area contributed by atoms with Crippen LogP contribution in [0.3, 0.4) is 0 Å². The zero-order valence-corrected chi connectivity index (χ0v) is 11.1. The Morgan fingerprint density at radius 2 is 1.75 bits per heavy atom. The van der Waals surface area contributed by atoms with Crippen molar-refractivity contribution in [3.05, 3.63) is 0 Å². The summed E-state index contributed by atoms with van der Waals surface area (Å²) in [4.78, 5) is 22.7. The molecular formula is C12H23NO3. The normalized spacial score (nSPS) is 13.4. The van der Waals surface area contributed by atoms with Crippen LogP contribution in [0.15, 0.2) is 0 Å². The largest absolute Gasteiger partial charge is 0.444 e. The molecule has 0 rings (SSSR count). The van der Waals surface area contributed by atoms with Gasteiger partial charge in [0.05, 0.1) is 0 Å². The van der Waals surface area contributed by atoms with Crippen LogP contribution in [0.2, 0.25) is 0 Å². The number of ketones is 1. The summed E-state index contributed by atoms with van der Waals surface area (Å²) in [5, 5.41) is 2.62. The van der Waals surface area contributed by atoms with E-state index in [1.165, 1.54) is 0 Å². The summed E-state index contributed by atoms with van der Waals surface area (Å²) in [6.45, 7) is 11.2. The predicted octanol–water partition coefficient (Wildman–Crippen LogP) is 2.37. The van der Waals surface area contributed by atoms with Crippen LogP contribution in [0.4, 0.5) is 4.79 Å². The van der Waals surface area contributed by atoms with E-state index in [-0.39, 0.29) is 17.6 Å². The summed E-state index contributed by atoms with van der Waals surface area (Å²) in [5.41, 5.74) is -0.506. The molecule has 0 fully saturated rings. The van der Waals surface area contributed by atoms with Crippen molar-refractivity contribution in [1.29, 1.82) is 0 Å². The number of carbonyl (C=O) groups excluding carboxylic acids is 2. The number of rotatable bonds is 4. The van der Waals surface area contributed by atoms with Crippen molar-refractivity contribution in [2.75, 3.05) is 6.54 Å². The molecule has 4 nitrogen and oxygen atoms in total. The van der Waals surface area contributed by atoms with Gasteiger partial charge < -0.3 is 10.1 Å². The van der Waals surface area contributed by atoms with Crippen molar-refractivity contribution in [3.63, 3.8) is 0 Å². The van der Waals surface area contributed by atoms with Gasteiger partial charge in [-0.15, -0.1) is 0 Å². The summed E-state index contributed by atoms with van der Waals surface area (Å²) < 4.78 is 5.09. The van der Waals surface area contributed by atoms with Gasteiger partial charge in [0.2, 0.25) is 0 Å². The molecule has 0 aliphatic rings. The third-order valence-electron chi connectivity index (χ3n) is 2.19. The lowest BCUT2D eigenvalue weighted by Crippen LogP contribution is -2.38. The van der Waals surface area contributed by atoms with Crippen LogP contribution in [-0.2, 0) is 9.53 Å². The second kappa shape index (κ2) is 5.87. The number of ether oxygens (including phenoxy) is 1. The molecule has 4 heteroatoms. The molecular weight excluding hydrogens is 206 g/mol. The molecule has 0 aromatic rings. The molecule has 1 N–H and O–H groups in total. The third kappa shape index (κ3) is 6.43. The molecule has 0 aliphatic heterocycles. The van der Waals surface area contributed by atoms with Gasteiger partial charge in [0.1, 0.15) is 11.4 Å². The lowest BCUT2D eigenvalue weighted by molar-refractivity contribution is -0.121. The van der Waals surface area contributed by atoms with E-state index < -0.39 is 11.7 Å². The highest BCUT2D eigenvalue weighted by atomic mass is 16.6. The number of nitrogens with one attached hydrogen (secondary N) is 1. The molecule has 0 unspecified atom stereocenters. The molecule has 0 heterocycles. The van der Waals surface area contributed by atoms with Gasteiger partial charge in [-0.05, 0) is 33.6 Å². The SMILES string of the molecule is CC(=O)[C@@H](CNC(=O)OC(C)(C)C)C(C)C. The zero-order valence-electron chi connectivity index (χ0n) is 11.1. The Morgan fingerprint density at radius 1 is 1.25 bits per heavy atom. The summed E-state index contributed by atoms with van der Waals surface area (Å²) in [5.74, 6) is 0.158. The quantitative estimate of drug-likeness (QED) is 0.805. The molecule has 0 aromatic heterocycles. The summed E-state index contributed by atoms with van der Waals surface area (Å²) in [6, 6.07) is 0. The maximum atomic E-state index is 11.4. The topological polar surface area (TPSA) is 55.4 Å². The van der Waals surface area contributed by atoms with E-state index >= 15 is 0 Å². The van der Waals surface area contributed by atoms with Crippen LogP contribution >= 0.6 is 0 Å². The second-order valence-corrected chi connectivity index (χ2v) is 5.34. The molecule has 1 atom stereocenters. The van der Waals surface area contributed by atoms with Gasteiger partial charge >= 0.3 is 6.09 Å². The van der Waals surface area contributed by atoms with Gasteiger partial charge in [-0.3, -0.25) is 4.79 Å². The zero-order chi connectivity index (χ0) is 12.9. The molecule has 0 aromatic carbocycles. The van der Waals surface area contributed by atoms with Crippen molar-refractivity contribution >= 4 is 11.9 Å². The minimum atomic E-state index is -0.506. The Bertz CT molecular complexity index is 253. The Balaban J connectivity index is 4.12. The second-order valence-electron chi connectivity index (χ2n) is 5.34. The molecule has 16 heavy (non-hydrogen) atoms. The Hall–Kier alpha value is -1.06. The van der Waals surface area contributed by atoms with E-state index in [9.17, 15) is 9.59 Å². The van der Waals surface area contributed by atoms with Crippen LogP contribution in [0.25, 0.3) is 0 Å². The lowest BCUT2D eigenvalue weighted by Gasteiger charge is -2.22. The smallest absolute Gasteiger partial charge is 0.407 e. The fraction of sp³-hybridized carbons (Fsp3) is 0.833. The lowest BCUT2D eigenvalue weighted by atomic mass is 9.92. The van der Waals surface area contributed by atoms with Gasteiger partial charge in [0, 0.05) is 12.5 Å². The van der Waals surface area contributed by atoms with E-state index in [0.29, 0.717) is 6.54 Å². The van der Waals surface area contributed by atoms with Crippen LogP contribution in [0, 0.1) is 11.8 Å². The Morgan fingerprint density at radius 3 is 2.06 bits per heavy atom. The number of hydrogen-bond acceptors (Lipinski definition) is 3. The first kappa shape index (κ1) is 14.9. The predicted molar refractivity (Wildman–Crippen MR) is 63.2 cm³/mol. The van der Waals surface area contributed by atoms with Gasteiger partial charge in [-0.2, -0.15) is 0 Å². The molecule has 0 bridgehead atoms. The van der Waals surface area contributed by atoms with E-state index in [4.69, 9.17) is 4.74 Å². The minimum absolute atomic E-state index is 0.0889. The maximum absolute atomic E-state index is 11.4. The van der Waals surface area contributed by atoms with E-state index in [0.717, 1.165) is 0 Å². The van der Waals surface area contributed by atoms with E-state index in [1.807, 2.05) is 13.8 Å². The van der Waals surface area contributed by atoms with Crippen LogP contribution < -0.4 is 5.32 Å². The number of hydrogen-bond donors (Lipinski definition) is 1. The Labute approximate surface area is 97.7 Å². The number of alkyl carbamates (subject to hydrolysis) is 1. The van der Waals surface area contributed by atoms with Crippen molar-refractivity contribution in [1.82, 2.24) is 5.32 Å². The summed E-state index contributed by atoms with van der Waals surface area (Å²) in [6.07, 6.45) is -0.473. The minimum Gasteiger partial charge on any atom is -0.444 e. The van der Waals surface area contributed by atoms with Crippen LogP contribution in [-0.4, -0.2) is 24.0 Å². The van der Waals surface area contributed by atoms with Gasteiger partial charge in [-0.25, -0.2) is 4.79 Å². The summed E-state index contributed by atoms with van der Waals surface area (Å²) in [7, 11) is 0. The first-order valence-electron chi connectivity index (χ1n) is 5.61. The molecule has 1 amide bonds. The fourth-order valence-corrected chi connectivity index (χ4v) is 1.36. The molecule has 0 aliphatic carbocycles. The monoisotopic (exact) mass is 229 g/mol. The van der Waals surface area contributed by atoms with Crippen molar-refractivity contribution in [2.45, 2.75) is 47.1 Å². The number of Topliss-reactive ketones (excluding diaryl/α,β-unsaturated/α-hetero) is 1. The molecule has 0 saturated carbocycles. The highest BCUT2D eigenvalue weighted by molar-refractivity contribution is 5.79. The maximum Gasteiger partial charge on any atom is 0.407 e. The number of amides is 1. The average molecular weight is 229 g/mol. The van der Waals surface area contributed by atoms with Gasteiger partial charge in [0.25, 0.3) is 0 Å². The van der Waals surface area contributed by atoms with Crippen molar-refractivity contribution in [2.24, 2.45) is 11.8 Å². The third-order valence-corrected chi connectivity index (χ3v) is 2.19. The number of carbonyl (C=O) groups is 2. The van der Waals surface area contributed by atoms with Crippen LogP contribution in [0.5, 0.6) is 0 Å². The highest BCUT2D eigenvalue weighted by Gasteiger charge is 2.21. The Kier molecular flexibility index (Phi) is 5.48. The van der Waals surface area contributed by atoms with E-state index in [1.54, 1.807) is 27.7 Å². The fourth-order valence-electron chi connectivity index (χ4n) is 1.36. The van der Waals surface area contributed by atoms with Gasteiger partial charge in [-0.1, -0.05) is 13.8 Å². The van der Waals surface area contributed by atoms with Crippen molar-refractivity contribution < 1.29 is 14.3 Å². The van der Waals surface area contributed by atoms with Gasteiger partial charge in [0.15, 0.2) is 0 Å². The molecule has 0 saturated heterocycles. The summed E-state index contributed by atoms with van der Waals surface area (Å²) >= 11 is 0. The molecule has 94 valence electrons. The molecule has 0 radical (unpaired) electrons.